The Labute approximate surface area is 185 Å². The van der Waals surface area contributed by atoms with Crippen LogP contribution >= 0.6 is 12.2 Å². The summed E-state index contributed by atoms with van der Waals surface area (Å²) in [4.78, 5) is 5.93. The Morgan fingerprint density at radius 3 is 2.48 bits per heavy atom. The molecule has 0 fully saturated rings. The van der Waals surface area contributed by atoms with Crippen molar-refractivity contribution in [2.45, 2.75) is 6.42 Å². The van der Waals surface area contributed by atoms with Crippen molar-refractivity contribution in [3.05, 3.63) is 84.4 Å². The number of pyridine rings is 1. The summed E-state index contributed by atoms with van der Waals surface area (Å²) in [5, 5.41) is 3.40. The zero-order valence-electron chi connectivity index (χ0n) is 16.6. The van der Waals surface area contributed by atoms with Crippen molar-refractivity contribution in [2.75, 3.05) is 12.1 Å². The first-order valence-corrected chi connectivity index (χ1v) is 10.6. The SMILES string of the molecule is S=C1Cc2c(-c3ccccc3)cc(-c3ccc4c(c3)OCO4)nc2-c2ccccc2N1. The highest BCUT2D eigenvalue weighted by Crippen LogP contribution is 2.41. The second kappa shape index (κ2) is 7.22. The van der Waals surface area contributed by atoms with Gasteiger partial charge in [-0.2, -0.15) is 0 Å². The van der Waals surface area contributed by atoms with Crippen LogP contribution in [0.3, 0.4) is 0 Å². The van der Waals surface area contributed by atoms with Crippen LogP contribution in [0.2, 0.25) is 0 Å². The van der Waals surface area contributed by atoms with E-state index in [1.165, 1.54) is 0 Å². The lowest BCUT2D eigenvalue weighted by atomic mass is 9.92. The van der Waals surface area contributed by atoms with E-state index < -0.39 is 0 Å². The van der Waals surface area contributed by atoms with E-state index in [0.29, 0.717) is 6.42 Å². The van der Waals surface area contributed by atoms with Gasteiger partial charge in [-0.25, -0.2) is 4.98 Å². The third kappa shape index (κ3) is 3.14. The maximum atomic E-state index is 5.67. The summed E-state index contributed by atoms with van der Waals surface area (Å²) < 4.78 is 11.1. The molecule has 150 valence electrons. The maximum absolute atomic E-state index is 5.67. The van der Waals surface area contributed by atoms with E-state index in [1.54, 1.807) is 0 Å². The number of fused-ring (bicyclic) bond motifs is 4. The van der Waals surface area contributed by atoms with E-state index in [9.17, 15) is 0 Å². The van der Waals surface area contributed by atoms with Crippen LogP contribution in [-0.4, -0.2) is 16.8 Å². The Bertz CT molecular complexity index is 1330. The zero-order valence-corrected chi connectivity index (χ0v) is 17.4. The van der Waals surface area contributed by atoms with Crippen molar-refractivity contribution in [3.63, 3.8) is 0 Å². The number of aromatic nitrogens is 1. The molecule has 5 heteroatoms. The number of anilines is 1. The molecule has 2 aliphatic rings. The molecular weight excluding hydrogens is 404 g/mol. The molecule has 6 rings (SSSR count). The second-order valence-corrected chi connectivity index (χ2v) is 8.08. The van der Waals surface area contributed by atoms with Crippen molar-refractivity contribution in [2.24, 2.45) is 0 Å². The number of nitrogens with zero attached hydrogens (tertiary/aromatic N) is 1. The van der Waals surface area contributed by atoms with Crippen LogP contribution in [0.5, 0.6) is 11.5 Å². The maximum Gasteiger partial charge on any atom is 0.231 e. The molecule has 2 aliphatic heterocycles. The Morgan fingerprint density at radius 2 is 1.58 bits per heavy atom. The van der Waals surface area contributed by atoms with Gasteiger partial charge in [-0.05, 0) is 47.0 Å². The molecule has 1 aromatic heterocycles. The minimum atomic E-state index is 0.252. The van der Waals surface area contributed by atoms with Crippen molar-refractivity contribution < 1.29 is 9.47 Å². The topological polar surface area (TPSA) is 43.4 Å². The summed E-state index contributed by atoms with van der Waals surface area (Å²) in [5.74, 6) is 1.51. The number of para-hydroxylation sites is 1. The quantitative estimate of drug-likeness (QED) is 0.395. The fourth-order valence-electron chi connectivity index (χ4n) is 4.21. The normalized spacial score (nSPS) is 13.7. The van der Waals surface area contributed by atoms with Gasteiger partial charge in [0.25, 0.3) is 0 Å². The molecule has 3 aromatic carbocycles. The number of nitrogens with one attached hydrogen (secondary N) is 1. The number of rotatable bonds is 2. The molecular formula is C26H18N2O2S. The molecule has 0 unspecified atom stereocenters. The molecule has 0 amide bonds. The van der Waals surface area contributed by atoms with Crippen LogP contribution in [-0.2, 0) is 6.42 Å². The van der Waals surface area contributed by atoms with Crippen molar-refractivity contribution in [3.8, 4) is 45.1 Å². The zero-order chi connectivity index (χ0) is 20.8. The Kier molecular flexibility index (Phi) is 4.21. The van der Waals surface area contributed by atoms with Gasteiger partial charge in [0.05, 0.1) is 16.4 Å². The van der Waals surface area contributed by atoms with Crippen LogP contribution < -0.4 is 14.8 Å². The molecule has 4 aromatic rings. The van der Waals surface area contributed by atoms with E-state index in [1.807, 2.05) is 42.5 Å². The summed E-state index contributed by atoms with van der Waals surface area (Å²) in [6, 6.07) is 26.7. The van der Waals surface area contributed by atoms with Gasteiger partial charge in [-0.15, -0.1) is 0 Å². The van der Waals surface area contributed by atoms with Crippen LogP contribution in [0.15, 0.2) is 78.9 Å². The Hall–Kier alpha value is -3.70. The van der Waals surface area contributed by atoms with E-state index in [-0.39, 0.29) is 6.79 Å². The van der Waals surface area contributed by atoms with Crippen LogP contribution in [0.4, 0.5) is 5.69 Å². The van der Waals surface area contributed by atoms with Crippen LogP contribution in [0.25, 0.3) is 33.6 Å². The predicted molar refractivity (Wildman–Crippen MR) is 127 cm³/mol. The molecule has 0 atom stereocenters. The molecule has 3 heterocycles. The smallest absolute Gasteiger partial charge is 0.231 e. The fraction of sp³-hybridized carbons (Fsp3) is 0.0769. The summed E-state index contributed by atoms with van der Waals surface area (Å²) in [7, 11) is 0. The highest BCUT2D eigenvalue weighted by Gasteiger charge is 2.23. The first-order valence-electron chi connectivity index (χ1n) is 10.1. The monoisotopic (exact) mass is 422 g/mol. The van der Waals surface area contributed by atoms with Gasteiger partial charge in [-0.3, -0.25) is 0 Å². The molecule has 0 saturated heterocycles. The van der Waals surface area contributed by atoms with Gasteiger partial charge >= 0.3 is 0 Å². The van der Waals surface area contributed by atoms with Gasteiger partial charge in [-0.1, -0.05) is 60.7 Å². The molecule has 0 saturated carbocycles. The number of thiocarbonyl (C=S) groups is 1. The summed E-state index contributed by atoms with van der Waals surface area (Å²) in [6.45, 7) is 0.252. The fourth-order valence-corrected chi connectivity index (χ4v) is 4.46. The minimum absolute atomic E-state index is 0.252. The number of hydrogen-bond donors (Lipinski definition) is 1. The first-order chi connectivity index (χ1) is 15.3. The van der Waals surface area contributed by atoms with Crippen molar-refractivity contribution in [1.82, 2.24) is 4.98 Å². The van der Waals surface area contributed by atoms with Gasteiger partial charge < -0.3 is 14.8 Å². The van der Waals surface area contributed by atoms with E-state index in [4.69, 9.17) is 26.7 Å². The molecule has 4 nitrogen and oxygen atoms in total. The largest absolute Gasteiger partial charge is 0.454 e. The van der Waals surface area contributed by atoms with E-state index >= 15 is 0 Å². The summed E-state index contributed by atoms with van der Waals surface area (Å²) >= 11 is 5.67. The van der Waals surface area contributed by atoms with Crippen LogP contribution in [0.1, 0.15) is 5.56 Å². The average Bonchev–Trinajstić information content (AvgIpc) is 3.22. The number of ether oxygens (including phenoxy) is 2. The van der Waals surface area contributed by atoms with Gasteiger partial charge in [0.15, 0.2) is 11.5 Å². The standard InChI is InChI=1S/C26H18N2O2S/c31-25-14-20-19(16-6-2-1-3-7-16)13-22(17-10-11-23-24(12-17)30-15-29-23)28-26(20)18-8-4-5-9-21(18)27-25/h1-13H,14-15H2,(H,27,31). The molecule has 0 spiro atoms. The van der Waals surface area contributed by atoms with E-state index in [2.05, 4.69) is 41.7 Å². The Balaban J connectivity index is 1.64. The van der Waals surface area contributed by atoms with Gasteiger partial charge in [0.2, 0.25) is 6.79 Å². The number of benzene rings is 3. The average molecular weight is 423 g/mol. The summed E-state index contributed by atoms with van der Waals surface area (Å²) in [5.41, 5.74) is 8.29. The van der Waals surface area contributed by atoms with Gasteiger partial charge in [0, 0.05) is 23.2 Å². The third-order valence-corrected chi connectivity index (χ3v) is 5.92. The molecule has 0 aliphatic carbocycles. The second-order valence-electron chi connectivity index (χ2n) is 7.59. The lowest BCUT2D eigenvalue weighted by Gasteiger charge is -2.16. The minimum Gasteiger partial charge on any atom is -0.454 e. The highest BCUT2D eigenvalue weighted by atomic mass is 32.1. The molecule has 0 radical (unpaired) electrons. The third-order valence-electron chi connectivity index (χ3n) is 5.67. The summed E-state index contributed by atoms with van der Waals surface area (Å²) in [6.07, 6.45) is 0.637. The number of hydrogen-bond acceptors (Lipinski definition) is 4. The highest BCUT2D eigenvalue weighted by molar-refractivity contribution is 7.80. The lowest BCUT2D eigenvalue weighted by Crippen LogP contribution is -2.10. The molecule has 31 heavy (non-hydrogen) atoms. The van der Waals surface area contributed by atoms with Gasteiger partial charge in [0.1, 0.15) is 0 Å². The molecule has 0 bridgehead atoms. The first kappa shape index (κ1) is 18.1. The van der Waals surface area contributed by atoms with Crippen molar-refractivity contribution >= 4 is 22.9 Å². The lowest BCUT2D eigenvalue weighted by molar-refractivity contribution is 0.174. The molecule has 1 N–H and O–H groups in total. The predicted octanol–water partition coefficient (Wildman–Crippen LogP) is 6.11. The van der Waals surface area contributed by atoms with Crippen molar-refractivity contribution in [1.29, 1.82) is 0 Å². The van der Waals surface area contributed by atoms with E-state index in [0.717, 1.165) is 61.4 Å². The van der Waals surface area contributed by atoms with Crippen LogP contribution in [0, 0.1) is 0 Å². The Morgan fingerprint density at radius 1 is 0.774 bits per heavy atom.